The highest BCUT2D eigenvalue weighted by atomic mass is 16.2. The number of nitrogens with zero attached hydrogens (tertiary/aromatic N) is 2. The lowest BCUT2D eigenvalue weighted by atomic mass is 9.66. The normalized spacial score (nSPS) is 22.7. The van der Waals surface area contributed by atoms with Crippen LogP contribution in [0.25, 0.3) is 21.5 Å². The SMILES string of the molecule is O=C(c1c2ccccc2cc2ccccc12)N1CCC(N2CCCC3(CCc4ccccc4C3=O)C2)CC1. The summed E-state index contributed by atoms with van der Waals surface area (Å²) in [6.45, 7) is 3.46. The maximum absolute atomic E-state index is 14.0. The first kappa shape index (κ1) is 23.6. The highest BCUT2D eigenvalue weighted by Crippen LogP contribution is 2.43. The van der Waals surface area contributed by atoms with Crippen molar-refractivity contribution in [2.75, 3.05) is 26.2 Å². The van der Waals surface area contributed by atoms with Gasteiger partial charge in [0.25, 0.3) is 5.91 Å². The zero-order valence-electron chi connectivity index (χ0n) is 21.9. The first-order chi connectivity index (χ1) is 18.6. The van der Waals surface area contributed by atoms with Crippen LogP contribution in [0.2, 0.25) is 0 Å². The largest absolute Gasteiger partial charge is 0.338 e. The Balaban J connectivity index is 1.09. The third-order valence-electron chi connectivity index (χ3n) is 9.48. The summed E-state index contributed by atoms with van der Waals surface area (Å²) in [5, 5.41) is 4.29. The Kier molecular flexibility index (Phi) is 5.81. The van der Waals surface area contributed by atoms with Crippen LogP contribution >= 0.6 is 0 Å². The van der Waals surface area contributed by atoms with E-state index in [1.807, 2.05) is 42.5 Å². The first-order valence-electron chi connectivity index (χ1n) is 14.2. The molecule has 4 nitrogen and oxygen atoms in total. The zero-order chi connectivity index (χ0) is 25.7. The summed E-state index contributed by atoms with van der Waals surface area (Å²) in [5.74, 6) is 0.505. The molecule has 0 N–H and O–H groups in total. The van der Waals surface area contributed by atoms with Crippen LogP contribution in [0, 0.1) is 5.41 Å². The van der Waals surface area contributed by atoms with Gasteiger partial charge in [-0.05, 0) is 78.2 Å². The van der Waals surface area contributed by atoms with Gasteiger partial charge in [-0.3, -0.25) is 14.5 Å². The van der Waals surface area contributed by atoms with Gasteiger partial charge in [-0.2, -0.15) is 0 Å². The number of hydrogen-bond donors (Lipinski definition) is 0. The van der Waals surface area contributed by atoms with Gasteiger partial charge in [0.05, 0.1) is 5.56 Å². The second-order valence-corrected chi connectivity index (χ2v) is 11.6. The van der Waals surface area contributed by atoms with Crippen molar-refractivity contribution in [1.82, 2.24) is 9.80 Å². The van der Waals surface area contributed by atoms with E-state index in [9.17, 15) is 9.59 Å². The van der Waals surface area contributed by atoms with Crippen molar-refractivity contribution in [2.24, 2.45) is 5.41 Å². The molecule has 7 rings (SSSR count). The smallest absolute Gasteiger partial charge is 0.255 e. The molecule has 1 amide bonds. The van der Waals surface area contributed by atoms with Gasteiger partial charge in [-0.15, -0.1) is 0 Å². The van der Waals surface area contributed by atoms with E-state index in [-0.39, 0.29) is 11.3 Å². The zero-order valence-corrected chi connectivity index (χ0v) is 21.9. The third kappa shape index (κ3) is 3.85. The number of carbonyl (C=O) groups is 2. The molecule has 4 aromatic carbocycles. The first-order valence-corrected chi connectivity index (χ1v) is 14.2. The number of ketones is 1. The summed E-state index contributed by atoms with van der Waals surface area (Å²) < 4.78 is 0. The molecule has 1 aliphatic carbocycles. The van der Waals surface area contributed by atoms with Crippen molar-refractivity contribution >= 4 is 33.2 Å². The molecule has 4 heteroatoms. The van der Waals surface area contributed by atoms with E-state index in [0.29, 0.717) is 11.8 Å². The quantitative estimate of drug-likeness (QED) is 0.294. The van der Waals surface area contributed by atoms with Gasteiger partial charge in [-0.1, -0.05) is 72.8 Å². The summed E-state index contributed by atoms with van der Waals surface area (Å²) >= 11 is 0. The van der Waals surface area contributed by atoms with E-state index >= 15 is 0 Å². The minimum atomic E-state index is -0.235. The Labute approximate surface area is 224 Å². The molecule has 0 radical (unpaired) electrons. The second-order valence-electron chi connectivity index (χ2n) is 11.6. The number of fused-ring (bicyclic) bond motifs is 3. The van der Waals surface area contributed by atoms with Gasteiger partial charge >= 0.3 is 0 Å². The van der Waals surface area contributed by atoms with Gasteiger partial charge in [0.2, 0.25) is 0 Å². The Morgan fingerprint density at radius 3 is 2.18 bits per heavy atom. The van der Waals surface area contributed by atoms with Crippen molar-refractivity contribution in [1.29, 1.82) is 0 Å². The van der Waals surface area contributed by atoms with Gasteiger partial charge in [0, 0.05) is 36.7 Å². The van der Waals surface area contributed by atoms with Crippen molar-refractivity contribution in [2.45, 2.75) is 44.6 Å². The molecule has 4 aromatic rings. The second kappa shape index (κ2) is 9.36. The van der Waals surface area contributed by atoms with Crippen LogP contribution in [0.1, 0.15) is 58.4 Å². The van der Waals surface area contributed by atoms with E-state index in [4.69, 9.17) is 0 Å². The number of carbonyl (C=O) groups excluding carboxylic acids is 2. The molecule has 0 bridgehead atoms. The third-order valence-corrected chi connectivity index (χ3v) is 9.48. The van der Waals surface area contributed by atoms with Crippen molar-refractivity contribution < 1.29 is 9.59 Å². The summed E-state index contributed by atoms with van der Waals surface area (Å²) in [5.41, 5.74) is 2.76. The average molecular weight is 503 g/mol. The van der Waals surface area contributed by atoms with Crippen LogP contribution in [0.15, 0.2) is 78.9 Å². The number of Topliss-reactive ketones (excluding diaryl/α,β-unsaturated/α-hetero) is 1. The number of rotatable bonds is 2. The molecule has 3 aliphatic rings. The molecule has 0 saturated carbocycles. The lowest BCUT2D eigenvalue weighted by Gasteiger charge is -2.48. The van der Waals surface area contributed by atoms with Crippen molar-refractivity contribution in [3.05, 3.63) is 95.6 Å². The topological polar surface area (TPSA) is 40.6 Å². The van der Waals surface area contributed by atoms with Crippen molar-refractivity contribution in [3.8, 4) is 0 Å². The number of aryl methyl sites for hydroxylation is 1. The Bertz CT molecular complexity index is 1500. The molecule has 1 unspecified atom stereocenters. The molecule has 1 atom stereocenters. The summed E-state index contributed by atoms with van der Waals surface area (Å²) in [7, 11) is 0. The van der Waals surface area contributed by atoms with Crippen LogP contribution in [0.5, 0.6) is 0 Å². The Hall–Kier alpha value is -3.50. The molecule has 0 aromatic heterocycles. The van der Waals surface area contributed by atoms with Crippen LogP contribution in [0.3, 0.4) is 0 Å². The molecular formula is C34H34N2O2. The summed E-state index contributed by atoms with van der Waals surface area (Å²) in [6, 6.07) is 27.3. The predicted molar refractivity (Wildman–Crippen MR) is 153 cm³/mol. The number of piperidine rings is 2. The lowest BCUT2D eigenvalue weighted by molar-refractivity contribution is 0.0214. The predicted octanol–water partition coefficient (Wildman–Crippen LogP) is 6.51. The van der Waals surface area contributed by atoms with Crippen LogP contribution in [-0.2, 0) is 6.42 Å². The van der Waals surface area contributed by atoms with Crippen LogP contribution in [-0.4, -0.2) is 53.7 Å². The fourth-order valence-corrected chi connectivity index (χ4v) is 7.44. The molecule has 2 aliphatic heterocycles. The van der Waals surface area contributed by atoms with Gasteiger partial charge < -0.3 is 4.90 Å². The van der Waals surface area contributed by atoms with Crippen LogP contribution < -0.4 is 0 Å². The fraction of sp³-hybridized carbons (Fsp3) is 0.353. The standard InChI is InChI=1S/C34H34N2O2/c37-32-30-13-6-1-8-24(30)14-18-34(32)17-7-19-36(23-34)27-15-20-35(21-16-27)33(38)31-28-11-4-2-9-25(28)22-26-10-3-5-12-29(26)31/h1-6,8-13,22,27H,7,14-21,23H2. The number of likely N-dealkylation sites (tertiary alicyclic amines) is 2. The number of hydrogen-bond acceptors (Lipinski definition) is 3. The average Bonchev–Trinajstić information content (AvgIpc) is 2.98. The van der Waals surface area contributed by atoms with E-state index in [2.05, 4.69) is 46.2 Å². The van der Waals surface area contributed by atoms with Crippen molar-refractivity contribution in [3.63, 3.8) is 0 Å². The number of benzene rings is 4. The van der Waals surface area contributed by atoms with Gasteiger partial charge in [0.15, 0.2) is 5.78 Å². The van der Waals surface area contributed by atoms with Crippen LogP contribution in [0.4, 0.5) is 0 Å². The highest BCUT2D eigenvalue weighted by Gasteiger charge is 2.46. The molecular weight excluding hydrogens is 468 g/mol. The maximum atomic E-state index is 14.0. The van der Waals surface area contributed by atoms with Gasteiger partial charge in [0.1, 0.15) is 0 Å². The Morgan fingerprint density at radius 1 is 0.789 bits per heavy atom. The molecule has 192 valence electrons. The van der Waals surface area contributed by atoms with E-state index in [1.165, 1.54) is 5.56 Å². The molecule has 2 saturated heterocycles. The van der Waals surface area contributed by atoms with E-state index in [1.54, 1.807) is 0 Å². The highest BCUT2D eigenvalue weighted by molar-refractivity contribution is 6.18. The van der Waals surface area contributed by atoms with Gasteiger partial charge in [-0.25, -0.2) is 0 Å². The number of amides is 1. The minimum Gasteiger partial charge on any atom is -0.338 e. The minimum absolute atomic E-state index is 0.144. The molecule has 38 heavy (non-hydrogen) atoms. The molecule has 2 fully saturated rings. The Morgan fingerprint density at radius 2 is 1.45 bits per heavy atom. The monoisotopic (exact) mass is 502 g/mol. The van der Waals surface area contributed by atoms with E-state index in [0.717, 1.165) is 97.4 Å². The summed E-state index contributed by atoms with van der Waals surface area (Å²) in [6.07, 6.45) is 5.98. The molecule has 1 spiro atoms. The summed E-state index contributed by atoms with van der Waals surface area (Å²) in [4.78, 5) is 32.3. The van der Waals surface area contributed by atoms with E-state index < -0.39 is 0 Å². The lowest BCUT2D eigenvalue weighted by Crippen LogP contribution is -2.55. The fourth-order valence-electron chi connectivity index (χ4n) is 7.44. The maximum Gasteiger partial charge on any atom is 0.255 e. The molecule has 2 heterocycles.